The summed E-state index contributed by atoms with van der Waals surface area (Å²) in [6.45, 7) is 42.6. The fourth-order valence-corrected chi connectivity index (χ4v) is 24.7. The quantitative estimate of drug-likeness (QED) is 0.0761. The molecule has 7 aliphatic heterocycles. The Morgan fingerprint density at radius 2 is 0.794 bits per heavy atom. The van der Waals surface area contributed by atoms with Gasteiger partial charge in [0.25, 0.3) is 0 Å². The molecule has 36 atom stereocenters. The van der Waals surface area contributed by atoms with Gasteiger partial charge in [-0.2, -0.15) is 0 Å². The van der Waals surface area contributed by atoms with Gasteiger partial charge in [0.1, 0.15) is 83.9 Å². The van der Waals surface area contributed by atoms with Crippen LogP contribution in [0.25, 0.3) is 0 Å². The van der Waals surface area contributed by atoms with Crippen molar-refractivity contribution in [1.82, 2.24) is 0 Å². The van der Waals surface area contributed by atoms with E-state index < -0.39 is 38.5 Å². The molecular formula is C98H142O28. The molecule has 28 heteroatoms. The van der Waals surface area contributed by atoms with Crippen LogP contribution in [0.2, 0.25) is 0 Å². The number of rotatable bonds is 21. The third-order valence-corrected chi connectivity index (χ3v) is 35.5. The number of hydrogen-bond acceptors (Lipinski definition) is 28. The molecule has 20 aliphatic rings. The first-order valence-corrected chi connectivity index (χ1v) is 48.0. The van der Waals surface area contributed by atoms with Gasteiger partial charge in [-0.15, -0.1) is 0 Å². The summed E-state index contributed by atoms with van der Waals surface area (Å²) in [6.07, 6.45) is 16.1. The van der Waals surface area contributed by atoms with Gasteiger partial charge in [-0.25, -0.2) is 0 Å². The third-order valence-electron chi connectivity index (χ3n) is 35.5. The lowest BCUT2D eigenvalue weighted by atomic mass is 9.79. The van der Waals surface area contributed by atoms with Crippen molar-refractivity contribution in [2.24, 2.45) is 151 Å². The van der Waals surface area contributed by atoms with Crippen molar-refractivity contribution < 1.29 is 133 Å². The van der Waals surface area contributed by atoms with Crippen LogP contribution in [0.15, 0.2) is 0 Å². The van der Waals surface area contributed by atoms with E-state index in [1.54, 1.807) is 0 Å². The zero-order valence-electron chi connectivity index (χ0n) is 78.5. The van der Waals surface area contributed by atoms with Crippen molar-refractivity contribution >= 4 is 83.6 Å². The van der Waals surface area contributed by atoms with Gasteiger partial charge in [0, 0.05) is 76.9 Å². The summed E-state index contributed by atoms with van der Waals surface area (Å²) in [5.74, 6) is 1.56. The van der Waals surface area contributed by atoms with Crippen molar-refractivity contribution in [3.05, 3.63) is 0 Å². The van der Waals surface area contributed by atoms with E-state index in [-0.39, 0.29) is 251 Å². The Morgan fingerprint density at radius 3 is 1.29 bits per heavy atom. The maximum atomic E-state index is 12.3. The SMILES string of the molecule is CCC(C)(C)C(=O)OC1(C)C2CC3C(=O)OC1C3C2.CCC(C)(C)C(=O)OC1C2CC3C(=O)OC1(C)C3C2.CCC(C)(C)C(=O)OC1C2CC3C(=O)OC1C3C2.CCC(C)(C)C(=O)OC1C2OC(=O)C3CC1(C)CC32.CCC(C)C(=O)OC1(C)C2CC3C(=O)OC1C3C2.CCC(C)C(=O)OC1C2CC3C(=O)OC1C3C2.CCC(C)C(=O)OC1CCC2CC1OC2=O. The fraction of sp³-hybridized carbons (Fsp3) is 0.857. The van der Waals surface area contributed by atoms with Crippen molar-refractivity contribution in [2.45, 2.75) is 378 Å². The van der Waals surface area contributed by atoms with E-state index in [9.17, 15) is 67.1 Å². The molecule has 126 heavy (non-hydrogen) atoms. The summed E-state index contributed by atoms with van der Waals surface area (Å²) in [6, 6.07) is 0. The van der Waals surface area contributed by atoms with Gasteiger partial charge in [0.2, 0.25) is 0 Å². The topological polar surface area (TPSA) is 368 Å². The van der Waals surface area contributed by atoms with Crippen molar-refractivity contribution in [1.29, 1.82) is 0 Å². The van der Waals surface area contributed by atoms with Crippen molar-refractivity contribution in [3.8, 4) is 0 Å². The Morgan fingerprint density at radius 1 is 0.373 bits per heavy atom. The summed E-state index contributed by atoms with van der Waals surface area (Å²) in [5.41, 5.74) is -3.74. The van der Waals surface area contributed by atoms with Crippen LogP contribution in [0.3, 0.4) is 0 Å². The predicted octanol–water partition coefficient (Wildman–Crippen LogP) is 13.9. The molecule has 0 N–H and O–H groups in total. The van der Waals surface area contributed by atoms with Crippen LogP contribution in [-0.4, -0.2) is 168 Å². The van der Waals surface area contributed by atoms with Gasteiger partial charge in [0.15, 0.2) is 0 Å². The molecular weight excluding hydrogens is 1630 g/mol. The monoisotopic (exact) mass is 1770 g/mol. The molecule has 13 saturated carbocycles. The van der Waals surface area contributed by atoms with Crippen LogP contribution in [-0.2, 0) is 133 Å². The minimum atomic E-state index is -0.614. The molecule has 0 aromatic carbocycles. The van der Waals surface area contributed by atoms with Gasteiger partial charge in [-0.3, -0.25) is 67.1 Å². The van der Waals surface area contributed by atoms with Crippen molar-refractivity contribution in [3.63, 3.8) is 0 Å². The van der Waals surface area contributed by atoms with Crippen LogP contribution in [0.1, 0.15) is 294 Å². The van der Waals surface area contributed by atoms with Gasteiger partial charge < -0.3 is 66.3 Å². The first-order chi connectivity index (χ1) is 59.0. The van der Waals surface area contributed by atoms with Crippen LogP contribution in [0, 0.1) is 151 Å². The molecule has 0 aromatic heterocycles. The summed E-state index contributed by atoms with van der Waals surface area (Å²) < 4.78 is 77.6. The van der Waals surface area contributed by atoms with Crippen LogP contribution >= 0.6 is 0 Å². The van der Waals surface area contributed by atoms with Crippen LogP contribution in [0.5, 0.6) is 0 Å². The smallest absolute Gasteiger partial charge is 0.312 e. The maximum absolute atomic E-state index is 12.3. The molecule has 14 bridgehead atoms. The van der Waals surface area contributed by atoms with Crippen LogP contribution in [0.4, 0.5) is 0 Å². The van der Waals surface area contributed by atoms with Gasteiger partial charge in [0.05, 0.1) is 80.8 Å². The molecule has 7 saturated heterocycles. The van der Waals surface area contributed by atoms with E-state index in [2.05, 4.69) is 6.92 Å². The Hall–Kier alpha value is -7.42. The zero-order chi connectivity index (χ0) is 92.0. The van der Waals surface area contributed by atoms with E-state index in [1.807, 2.05) is 145 Å². The first kappa shape index (κ1) is 94.7. The standard InChI is InChI=1S/3C15H22O4.2C14H20O4.C13H18O4.C12H18O4/c1-5-14(2,3)13(17)19-11-10-8-6-15(11,4)7-9(8)12(16)18-10;1-5-14(2,3)13(17)19-15(4)8-6-9-10(7-8)12(16)18-11(9)15;1-5-14(2,3)13(17)18-11-8-6-9-10(7-8)15(11,4)19-12(9)16;1-4-14(2,3)13(16)18-10-7-5-8-9(6-7)12(15)17-11(8)10;1-4-7(2)12(15)18-14(3)8-5-9-10(6-8)13(16)17-11(9)14;1-3-6(2)12(14)16-10-7-4-8-9(5-7)13(15)17-11(8)10;1-3-7(2)11(13)15-9-5-4-8-6-10(9)16-12(8)14/h3*8-11H,5-7H2,1-4H3;2*7-11H,4-6H2,1-3H3;6-11H,3-5H2,1-2H3;7-10H,3-6H2,1-2H3. The number of carbonyl (C=O) groups is 14. The Labute approximate surface area is 742 Å². The van der Waals surface area contributed by atoms with Crippen molar-refractivity contribution in [2.75, 3.05) is 0 Å². The number of carbonyl (C=O) groups excluding carboxylic acids is 14. The average Bonchev–Trinajstić information content (AvgIpc) is 1.49. The number of fused-ring (bicyclic) bond motifs is 8. The van der Waals surface area contributed by atoms with Gasteiger partial charge >= 0.3 is 83.6 Å². The maximum Gasteiger partial charge on any atom is 0.312 e. The van der Waals surface area contributed by atoms with Gasteiger partial charge in [-0.1, -0.05) is 76.2 Å². The number of hydrogen-bond donors (Lipinski definition) is 0. The molecule has 7 heterocycles. The first-order valence-electron chi connectivity index (χ1n) is 48.0. The lowest BCUT2D eigenvalue weighted by molar-refractivity contribution is -0.188. The Balaban J connectivity index is 0.000000119. The highest BCUT2D eigenvalue weighted by Crippen LogP contribution is 2.66. The molecule has 0 radical (unpaired) electrons. The molecule has 20 rings (SSSR count). The molecule has 0 spiro atoms. The number of esters is 14. The molecule has 36 unspecified atom stereocenters. The second-order valence-corrected chi connectivity index (χ2v) is 44.6. The molecule has 13 aliphatic carbocycles. The lowest BCUT2D eigenvalue weighted by Crippen LogP contribution is -2.49. The number of ether oxygens (including phenoxy) is 14. The zero-order valence-corrected chi connectivity index (χ0v) is 78.5. The van der Waals surface area contributed by atoms with E-state index in [0.717, 1.165) is 141 Å². The highest BCUT2D eigenvalue weighted by Gasteiger charge is 2.74. The molecule has 20 fully saturated rings. The largest absolute Gasteiger partial charge is 0.458 e. The minimum Gasteiger partial charge on any atom is -0.458 e. The molecule has 0 aromatic rings. The highest BCUT2D eigenvalue weighted by atomic mass is 16.6. The molecule has 702 valence electrons. The van der Waals surface area contributed by atoms with E-state index in [0.29, 0.717) is 29.6 Å². The summed E-state index contributed by atoms with van der Waals surface area (Å²) in [4.78, 5) is 166. The molecule has 28 nitrogen and oxygen atoms in total. The fourth-order valence-electron chi connectivity index (χ4n) is 24.7. The van der Waals surface area contributed by atoms with E-state index in [1.165, 1.54) is 0 Å². The highest BCUT2D eigenvalue weighted by molar-refractivity contribution is 5.84. The third kappa shape index (κ3) is 16.6. The Bertz CT molecular complexity index is 4240. The summed E-state index contributed by atoms with van der Waals surface area (Å²) >= 11 is 0. The van der Waals surface area contributed by atoms with Crippen LogP contribution < -0.4 is 0 Å². The lowest BCUT2D eigenvalue weighted by Gasteiger charge is -2.38. The average molecular weight is 1770 g/mol. The normalized spacial score (nSPS) is 42.4. The molecule has 0 amide bonds. The minimum absolute atomic E-state index is 0.0450. The van der Waals surface area contributed by atoms with E-state index >= 15 is 0 Å². The van der Waals surface area contributed by atoms with Gasteiger partial charge in [-0.05, 0) is 211 Å². The second kappa shape index (κ2) is 34.7. The summed E-state index contributed by atoms with van der Waals surface area (Å²) in [5, 5.41) is 0. The Kier molecular flexibility index (Phi) is 26.1. The predicted molar refractivity (Wildman–Crippen MR) is 447 cm³/mol. The second-order valence-electron chi connectivity index (χ2n) is 44.6. The summed E-state index contributed by atoms with van der Waals surface area (Å²) in [7, 11) is 0. The van der Waals surface area contributed by atoms with E-state index in [4.69, 9.17) is 66.3 Å².